The predicted molar refractivity (Wildman–Crippen MR) is 82.1 cm³/mol. The minimum Gasteiger partial charge on any atom is -0.383 e. The van der Waals surface area contributed by atoms with E-state index in [0.29, 0.717) is 6.61 Å². The van der Waals surface area contributed by atoms with E-state index in [2.05, 4.69) is 40.8 Å². The number of nitrogens with zero attached hydrogens (tertiary/aromatic N) is 1. The molecule has 0 amide bonds. The van der Waals surface area contributed by atoms with Crippen LogP contribution in [0.5, 0.6) is 0 Å². The molecule has 102 valence electrons. The summed E-state index contributed by atoms with van der Waals surface area (Å²) in [6.07, 6.45) is 3.94. The summed E-state index contributed by atoms with van der Waals surface area (Å²) in [6, 6.07) is 8.78. The summed E-state index contributed by atoms with van der Waals surface area (Å²) < 4.78 is 5.10. The van der Waals surface area contributed by atoms with Crippen LogP contribution in [-0.2, 0) is 4.74 Å². The summed E-state index contributed by atoms with van der Waals surface area (Å²) in [5.41, 5.74) is 1.24. The molecule has 1 heterocycles. The molecule has 0 aliphatic rings. The number of hydrogen-bond acceptors (Lipinski definition) is 5. The Balaban J connectivity index is 2.15. The van der Waals surface area contributed by atoms with Gasteiger partial charge in [0.05, 0.1) is 12.6 Å². The van der Waals surface area contributed by atoms with Gasteiger partial charge in [0.2, 0.25) is 0 Å². The fourth-order valence-electron chi connectivity index (χ4n) is 1.83. The minimum absolute atomic E-state index is 0.144. The van der Waals surface area contributed by atoms with Crippen molar-refractivity contribution in [3.63, 3.8) is 0 Å². The van der Waals surface area contributed by atoms with E-state index in [1.807, 2.05) is 11.6 Å². The average molecular weight is 294 g/mol. The Morgan fingerprint density at radius 3 is 2.74 bits per heavy atom. The highest BCUT2D eigenvalue weighted by molar-refractivity contribution is 7.98. The van der Waals surface area contributed by atoms with Crippen molar-refractivity contribution in [1.29, 1.82) is 0 Å². The number of aromatic nitrogens is 1. The zero-order valence-corrected chi connectivity index (χ0v) is 12.8. The zero-order chi connectivity index (χ0) is 13.5. The van der Waals surface area contributed by atoms with Crippen molar-refractivity contribution in [2.75, 3.05) is 26.5 Å². The molecule has 0 radical (unpaired) electrons. The number of rotatable bonds is 7. The Bertz CT molecular complexity index is 471. The highest BCUT2D eigenvalue weighted by Gasteiger charge is 2.15. The third-order valence-corrected chi connectivity index (χ3v) is 4.39. The number of hydrogen-bond donors (Lipinski definition) is 1. The number of thiazole rings is 1. The largest absolute Gasteiger partial charge is 0.383 e. The number of ether oxygens (including phenoxy) is 1. The Labute approximate surface area is 122 Å². The average Bonchev–Trinajstić information content (AvgIpc) is 2.98. The van der Waals surface area contributed by atoms with Gasteiger partial charge in [0.15, 0.2) is 0 Å². The number of thioether (sulfide) groups is 1. The predicted octanol–water partition coefficient (Wildman–Crippen LogP) is 3.19. The van der Waals surface area contributed by atoms with Gasteiger partial charge in [-0.3, -0.25) is 0 Å². The van der Waals surface area contributed by atoms with E-state index in [1.54, 1.807) is 30.2 Å². The molecule has 0 saturated heterocycles. The highest BCUT2D eigenvalue weighted by Crippen LogP contribution is 2.25. The second kappa shape index (κ2) is 7.65. The molecule has 1 aromatic heterocycles. The monoisotopic (exact) mass is 294 g/mol. The molecule has 2 aromatic rings. The molecule has 2 rings (SSSR count). The van der Waals surface area contributed by atoms with Crippen molar-refractivity contribution in [2.24, 2.45) is 0 Å². The van der Waals surface area contributed by atoms with Crippen LogP contribution in [0.3, 0.4) is 0 Å². The molecule has 1 aromatic carbocycles. The van der Waals surface area contributed by atoms with Crippen LogP contribution in [0.1, 0.15) is 16.6 Å². The summed E-state index contributed by atoms with van der Waals surface area (Å²) >= 11 is 3.43. The van der Waals surface area contributed by atoms with E-state index < -0.39 is 0 Å². The molecule has 0 aliphatic heterocycles. The summed E-state index contributed by atoms with van der Waals surface area (Å²) in [5.74, 6) is 0. The lowest BCUT2D eigenvalue weighted by Gasteiger charge is -2.17. The zero-order valence-electron chi connectivity index (χ0n) is 11.1. The molecule has 0 bridgehead atoms. The molecule has 1 N–H and O–H groups in total. The SMILES string of the molecule is COCCNC(c1ccc(SC)cc1)c1nccs1. The Hall–Kier alpha value is -0.880. The molecule has 3 nitrogen and oxygen atoms in total. The van der Waals surface area contributed by atoms with Crippen molar-refractivity contribution in [2.45, 2.75) is 10.9 Å². The second-order valence-corrected chi connectivity index (χ2v) is 5.83. The Morgan fingerprint density at radius 2 is 2.16 bits per heavy atom. The highest BCUT2D eigenvalue weighted by atomic mass is 32.2. The lowest BCUT2D eigenvalue weighted by Crippen LogP contribution is -2.25. The van der Waals surface area contributed by atoms with Gasteiger partial charge in [-0.25, -0.2) is 4.98 Å². The fourth-order valence-corrected chi connectivity index (χ4v) is 2.97. The third-order valence-electron chi connectivity index (χ3n) is 2.80. The first-order chi connectivity index (χ1) is 9.35. The van der Waals surface area contributed by atoms with Gasteiger partial charge in [0.1, 0.15) is 5.01 Å². The van der Waals surface area contributed by atoms with E-state index in [0.717, 1.165) is 11.6 Å². The van der Waals surface area contributed by atoms with Crippen LogP contribution in [0, 0.1) is 0 Å². The standard InChI is InChI=1S/C14H18N2OS2/c1-17-9-7-15-13(14-16-8-10-19-14)11-3-5-12(18-2)6-4-11/h3-6,8,10,13,15H,7,9H2,1-2H3. The molecule has 0 spiro atoms. The summed E-state index contributed by atoms with van der Waals surface area (Å²) in [7, 11) is 1.72. The van der Waals surface area contributed by atoms with Crippen molar-refractivity contribution in [3.05, 3.63) is 46.4 Å². The van der Waals surface area contributed by atoms with Crippen LogP contribution in [0.2, 0.25) is 0 Å². The first kappa shape index (κ1) is 14.5. The molecule has 0 saturated carbocycles. The maximum atomic E-state index is 5.10. The van der Waals surface area contributed by atoms with Crippen molar-refractivity contribution in [1.82, 2.24) is 10.3 Å². The van der Waals surface area contributed by atoms with E-state index >= 15 is 0 Å². The summed E-state index contributed by atoms with van der Waals surface area (Å²) in [6.45, 7) is 1.51. The molecule has 19 heavy (non-hydrogen) atoms. The van der Waals surface area contributed by atoms with Crippen molar-refractivity contribution in [3.8, 4) is 0 Å². The van der Waals surface area contributed by atoms with Crippen LogP contribution in [0.15, 0.2) is 40.7 Å². The van der Waals surface area contributed by atoms with E-state index in [4.69, 9.17) is 4.74 Å². The number of methoxy groups -OCH3 is 1. The van der Waals surface area contributed by atoms with Gasteiger partial charge in [-0.2, -0.15) is 0 Å². The molecule has 5 heteroatoms. The molecular weight excluding hydrogens is 276 g/mol. The molecular formula is C14H18N2OS2. The van der Waals surface area contributed by atoms with E-state index in [1.165, 1.54) is 10.5 Å². The van der Waals surface area contributed by atoms with Crippen molar-refractivity contribution < 1.29 is 4.74 Å². The van der Waals surface area contributed by atoms with E-state index in [-0.39, 0.29) is 6.04 Å². The Morgan fingerprint density at radius 1 is 1.37 bits per heavy atom. The maximum Gasteiger partial charge on any atom is 0.114 e. The van der Waals surface area contributed by atoms with E-state index in [9.17, 15) is 0 Å². The third kappa shape index (κ3) is 4.04. The second-order valence-electron chi connectivity index (χ2n) is 4.02. The topological polar surface area (TPSA) is 34.1 Å². The van der Waals surface area contributed by atoms with Crippen LogP contribution in [-0.4, -0.2) is 31.5 Å². The quantitative estimate of drug-likeness (QED) is 0.628. The minimum atomic E-state index is 0.144. The van der Waals surface area contributed by atoms with Crippen LogP contribution >= 0.6 is 23.1 Å². The lowest BCUT2D eigenvalue weighted by atomic mass is 10.1. The molecule has 0 fully saturated rings. The maximum absolute atomic E-state index is 5.10. The van der Waals surface area contributed by atoms with Crippen molar-refractivity contribution >= 4 is 23.1 Å². The number of benzene rings is 1. The summed E-state index contributed by atoms with van der Waals surface area (Å²) in [5, 5.41) is 6.59. The smallest absolute Gasteiger partial charge is 0.114 e. The lowest BCUT2D eigenvalue weighted by molar-refractivity contribution is 0.197. The Kier molecular flexibility index (Phi) is 5.85. The first-order valence-corrected chi connectivity index (χ1v) is 8.21. The van der Waals surface area contributed by atoms with Gasteiger partial charge >= 0.3 is 0 Å². The van der Waals surface area contributed by atoms with Crippen LogP contribution < -0.4 is 5.32 Å². The van der Waals surface area contributed by atoms with Crippen LogP contribution in [0.4, 0.5) is 0 Å². The molecule has 1 unspecified atom stereocenters. The first-order valence-electron chi connectivity index (χ1n) is 6.11. The van der Waals surface area contributed by atoms with Gasteiger partial charge in [-0.1, -0.05) is 12.1 Å². The molecule has 1 atom stereocenters. The van der Waals surface area contributed by atoms with Gasteiger partial charge in [-0.05, 0) is 24.0 Å². The van der Waals surface area contributed by atoms with Gasteiger partial charge in [0.25, 0.3) is 0 Å². The summed E-state index contributed by atoms with van der Waals surface area (Å²) in [4.78, 5) is 5.70. The van der Waals surface area contributed by atoms with Gasteiger partial charge in [-0.15, -0.1) is 23.1 Å². The normalized spacial score (nSPS) is 12.5. The fraction of sp³-hybridized carbons (Fsp3) is 0.357. The molecule has 0 aliphatic carbocycles. The number of nitrogens with one attached hydrogen (secondary N) is 1. The van der Waals surface area contributed by atoms with Gasteiger partial charge < -0.3 is 10.1 Å². The van der Waals surface area contributed by atoms with Gasteiger partial charge in [0, 0.05) is 30.1 Å². The van der Waals surface area contributed by atoms with Crippen LogP contribution in [0.25, 0.3) is 0 Å².